The molecule has 2 unspecified atom stereocenters. The largest absolute Gasteiger partial charge is 0.281 e. The minimum Gasteiger partial charge on any atom is -0.281 e. The quantitative estimate of drug-likeness (QED) is 0.150. The van der Waals surface area contributed by atoms with E-state index in [1.807, 2.05) is 6.92 Å². The van der Waals surface area contributed by atoms with Crippen LogP contribution in [0.15, 0.2) is 48.6 Å². The Balaban J connectivity index is 3.60. The standard InChI is InChI=1S/C24H39ClO/c1-4-5-6-16-19-22(2)20-17-14-12-10-8-7-9-11-13-15-18-21-23(3)24(25)26/h7,9-10,12-13,15,17,20,22-23H,4-6,8,11,14,16,18-19,21H2,1-3H3/b9-7-,12-10-,15-13-,20-17-. The molecule has 0 bridgehead atoms. The summed E-state index contributed by atoms with van der Waals surface area (Å²) in [7, 11) is 0. The first-order valence-electron chi connectivity index (χ1n) is 10.4. The summed E-state index contributed by atoms with van der Waals surface area (Å²) in [5.74, 6) is 0.664. The first-order valence-corrected chi connectivity index (χ1v) is 10.8. The second-order valence-corrected chi connectivity index (χ2v) is 7.53. The molecule has 0 aromatic carbocycles. The van der Waals surface area contributed by atoms with Crippen LogP contribution in [0.1, 0.15) is 85.0 Å². The van der Waals surface area contributed by atoms with Crippen LogP contribution in [0.4, 0.5) is 0 Å². The molecular formula is C24H39ClO. The second kappa shape index (κ2) is 18.7. The lowest BCUT2D eigenvalue weighted by Crippen LogP contribution is -2.02. The highest BCUT2D eigenvalue weighted by Crippen LogP contribution is 2.12. The van der Waals surface area contributed by atoms with Crippen LogP contribution in [0.5, 0.6) is 0 Å². The van der Waals surface area contributed by atoms with Gasteiger partial charge in [-0.05, 0) is 56.0 Å². The van der Waals surface area contributed by atoms with E-state index in [1.165, 1.54) is 32.1 Å². The van der Waals surface area contributed by atoms with E-state index in [0.29, 0.717) is 5.92 Å². The van der Waals surface area contributed by atoms with E-state index in [2.05, 4.69) is 62.5 Å². The number of allylic oxidation sites excluding steroid dienone is 8. The van der Waals surface area contributed by atoms with Gasteiger partial charge in [0.25, 0.3) is 0 Å². The second-order valence-electron chi connectivity index (χ2n) is 7.16. The summed E-state index contributed by atoms with van der Waals surface area (Å²) >= 11 is 5.43. The Kier molecular flexibility index (Phi) is 17.9. The van der Waals surface area contributed by atoms with Gasteiger partial charge >= 0.3 is 0 Å². The van der Waals surface area contributed by atoms with Crippen molar-refractivity contribution in [1.82, 2.24) is 0 Å². The van der Waals surface area contributed by atoms with Gasteiger partial charge in [0.05, 0.1) is 0 Å². The molecule has 26 heavy (non-hydrogen) atoms. The lowest BCUT2D eigenvalue weighted by Gasteiger charge is -2.04. The minimum atomic E-state index is -0.235. The first-order chi connectivity index (χ1) is 12.6. The van der Waals surface area contributed by atoms with Crippen molar-refractivity contribution in [3.8, 4) is 0 Å². The topological polar surface area (TPSA) is 17.1 Å². The minimum absolute atomic E-state index is 0.0416. The van der Waals surface area contributed by atoms with E-state index in [1.54, 1.807) is 0 Å². The van der Waals surface area contributed by atoms with Crippen molar-refractivity contribution in [1.29, 1.82) is 0 Å². The Labute approximate surface area is 167 Å². The lowest BCUT2D eigenvalue weighted by molar-refractivity contribution is -0.114. The SMILES string of the molecule is CCCCCCC(C)/C=C\C/C=C\C/C=C\C/C=C\CCC(C)C(=O)Cl. The third kappa shape index (κ3) is 17.7. The molecule has 1 nitrogen and oxygen atoms in total. The number of rotatable bonds is 16. The molecule has 2 atom stereocenters. The molecule has 0 aromatic rings. The fraction of sp³-hybridized carbons (Fsp3) is 0.625. The van der Waals surface area contributed by atoms with Gasteiger partial charge in [0.15, 0.2) is 0 Å². The first kappa shape index (κ1) is 24.9. The summed E-state index contributed by atoms with van der Waals surface area (Å²) in [6.07, 6.45) is 29.2. The molecule has 0 saturated heterocycles. The molecule has 0 aliphatic heterocycles. The van der Waals surface area contributed by atoms with E-state index in [0.717, 1.165) is 32.1 Å². The van der Waals surface area contributed by atoms with Gasteiger partial charge in [-0.3, -0.25) is 4.79 Å². The van der Waals surface area contributed by atoms with Crippen LogP contribution in [-0.4, -0.2) is 5.24 Å². The summed E-state index contributed by atoms with van der Waals surface area (Å²) in [4.78, 5) is 10.9. The molecule has 0 aliphatic rings. The van der Waals surface area contributed by atoms with Crippen LogP contribution in [0.25, 0.3) is 0 Å². The third-order valence-electron chi connectivity index (χ3n) is 4.45. The number of hydrogen-bond donors (Lipinski definition) is 0. The zero-order valence-electron chi connectivity index (χ0n) is 17.1. The fourth-order valence-corrected chi connectivity index (χ4v) is 2.70. The third-order valence-corrected chi connectivity index (χ3v) is 4.82. The van der Waals surface area contributed by atoms with Crippen LogP contribution in [0.3, 0.4) is 0 Å². The van der Waals surface area contributed by atoms with E-state index in [-0.39, 0.29) is 11.2 Å². The van der Waals surface area contributed by atoms with Crippen molar-refractivity contribution in [2.24, 2.45) is 11.8 Å². The molecule has 0 spiro atoms. The predicted molar refractivity (Wildman–Crippen MR) is 118 cm³/mol. The Morgan fingerprint density at radius 2 is 1.38 bits per heavy atom. The van der Waals surface area contributed by atoms with Gasteiger partial charge in [-0.25, -0.2) is 0 Å². The number of hydrogen-bond acceptors (Lipinski definition) is 1. The van der Waals surface area contributed by atoms with E-state index < -0.39 is 0 Å². The maximum absolute atomic E-state index is 10.9. The molecule has 0 N–H and O–H groups in total. The lowest BCUT2D eigenvalue weighted by atomic mass is 10.0. The Morgan fingerprint density at radius 3 is 1.96 bits per heavy atom. The highest BCUT2D eigenvalue weighted by Gasteiger charge is 2.07. The van der Waals surface area contributed by atoms with Crippen molar-refractivity contribution < 1.29 is 4.79 Å². The van der Waals surface area contributed by atoms with Gasteiger partial charge in [0.1, 0.15) is 0 Å². The Morgan fingerprint density at radius 1 is 0.808 bits per heavy atom. The molecule has 2 heteroatoms. The highest BCUT2D eigenvalue weighted by molar-refractivity contribution is 6.63. The molecule has 0 fully saturated rings. The van der Waals surface area contributed by atoms with Gasteiger partial charge in [0.2, 0.25) is 5.24 Å². The van der Waals surface area contributed by atoms with Gasteiger partial charge in [-0.1, -0.05) is 95.1 Å². The zero-order valence-corrected chi connectivity index (χ0v) is 17.9. The van der Waals surface area contributed by atoms with Crippen molar-refractivity contribution in [2.45, 2.75) is 85.0 Å². The highest BCUT2D eigenvalue weighted by atomic mass is 35.5. The van der Waals surface area contributed by atoms with Crippen molar-refractivity contribution in [3.05, 3.63) is 48.6 Å². The molecule has 0 aromatic heterocycles. The summed E-state index contributed by atoms with van der Waals surface area (Å²) in [6.45, 7) is 6.45. The van der Waals surface area contributed by atoms with Crippen LogP contribution >= 0.6 is 11.6 Å². The summed E-state index contributed by atoms with van der Waals surface area (Å²) in [5, 5.41) is -0.235. The average molecular weight is 379 g/mol. The predicted octanol–water partition coefficient (Wildman–Crippen LogP) is 8.17. The molecule has 0 radical (unpaired) electrons. The maximum Gasteiger partial charge on any atom is 0.224 e. The van der Waals surface area contributed by atoms with E-state index in [4.69, 9.17) is 11.6 Å². The number of unbranched alkanes of at least 4 members (excludes halogenated alkanes) is 3. The van der Waals surface area contributed by atoms with E-state index >= 15 is 0 Å². The Bertz CT molecular complexity index is 445. The van der Waals surface area contributed by atoms with Crippen molar-refractivity contribution in [2.75, 3.05) is 0 Å². The van der Waals surface area contributed by atoms with Crippen LogP contribution in [0.2, 0.25) is 0 Å². The smallest absolute Gasteiger partial charge is 0.224 e. The molecule has 0 amide bonds. The van der Waals surface area contributed by atoms with Crippen LogP contribution in [0, 0.1) is 11.8 Å². The van der Waals surface area contributed by atoms with Crippen molar-refractivity contribution >= 4 is 16.8 Å². The number of carbonyl (C=O) groups is 1. The van der Waals surface area contributed by atoms with Crippen molar-refractivity contribution in [3.63, 3.8) is 0 Å². The number of carbonyl (C=O) groups excluding carboxylic acids is 1. The normalized spacial score (nSPS) is 14.9. The van der Waals surface area contributed by atoms with Gasteiger partial charge in [0, 0.05) is 5.92 Å². The van der Waals surface area contributed by atoms with Gasteiger partial charge in [-0.15, -0.1) is 0 Å². The Hall–Kier alpha value is -1.08. The molecule has 0 heterocycles. The monoisotopic (exact) mass is 378 g/mol. The average Bonchev–Trinajstić information content (AvgIpc) is 2.62. The number of halogens is 1. The van der Waals surface area contributed by atoms with Gasteiger partial charge in [-0.2, -0.15) is 0 Å². The summed E-state index contributed by atoms with van der Waals surface area (Å²) in [6, 6.07) is 0. The fourth-order valence-electron chi connectivity index (χ4n) is 2.59. The molecule has 0 rings (SSSR count). The van der Waals surface area contributed by atoms with E-state index in [9.17, 15) is 4.79 Å². The van der Waals surface area contributed by atoms with Crippen LogP contribution in [-0.2, 0) is 4.79 Å². The molecule has 0 saturated carbocycles. The maximum atomic E-state index is 10.9. The van der Waals surface area contributed by atoms with Crippen LogP contribution < -0.4 is 0 Å². The summed E-state index contributed by atoms with van der Waals surface area (Å²) < 4.78 is 0. The molecule has 0 aliphatic carbocycles. The summed E-state index contributed by atoms with van der Waals surface area (Å²) in [5.41, 5.74) is 0. The van der Waals surface area contributed by atoms with Gasteiger partial charge < -0.3 is 0 Å². The molecular weight excluding hydrogens is 340 g/mol. The molecule has 148 valence electrons. The zero-order chi connectivity index (χ0) is 19.5.